The number of nitrogens with one attached hydrogen (secondary N) is 1. The molecule has 0 spiro atoms. The number of primary sulfonamides is 1. The van der Waals surface area contributed by atoms with Crippen LogP contribution in [0.4, 0.5) is 0 Å². The van der Waals surface area contributed by atoms with Crippen LogP contribution in [0.25, 0.3) is 5.65 Å². The number of carbonyl (C=O) groups is 1. The minimum absolute atomic E-state index is 0.0440. The van der Waals surface area contributed by atoms with Crippen LogP contribution in [0, 0.1) is 6.92 Å². The van der Waals surface area contributed by atoms with Crippen molar-refractivity contribution >= 4 is 21.6 Å². The first kappa shape index (κ1) is 17.1. The molecule has 0 fully saturated rings. The van der Waals surface area contributed by atoms with Gasteiger partial charge in [0.2, 0.25) is 15.9 Å². The average Bonchev–Trinajstić information content (AvgIpc) is 2.93. The second-order valence-electron chi connectivity index (χ2n) is 5.84. The van der Waals surface area contributed by atoms with Gasteiger partial charge < -0.3 is 9.72 Å². The molecule has 130 valence electrons. The number of sulfonamides is 1. The van der Waals surface area contributed by atoms with Gasteiger partial charge in [-0.15, -0.1) is 0 Å². The first-order valence-corrected chi connectivity index (χ1v) is 9.18. The third-order valence-electron chi connectivity index (χ3n) is 3.75. The zero-order valence-electron chi connectivity index (χ0n) is 13.6. The highest BCUT2D eigenvalue weighted by molar-refractivity contribution is 7.89. The van der Waals surface area contributed by atoms with Crippen LogP contribution >= 0.6 is 0 Å². The van der Waals surface area contributed by atoms with Crippen LogP contribution in [-0.2, 0) is 27.8 Å². The van der Waals surface area contributed by atoms with Crippen molar-refractivity contribution in [3.8, 4) is 0 Å². The lowest BCUT2D eigenvalue weighted by Gasteiger charge is -2.05. The standard InChI is InChI=1S/C17H18N4O3S/c1-12-6-7-21-11-14(20-16(21)8-12)9-17(22)19-10-13-2-4-15(5-3-13)25(18,23)24/h2-8,11H,9-10H2,1H3,(H,19,22)(H2,18,23,24). The smallest absolute Gasteiger partial charge is 0.238 e. The molecule has 0 unspecified atom stereocenters. The second kappa shape index (κ2) is 6.66. The first-order chi connectivity index (χ1) is 11.8. The van der Waals surface area contributed by atoms with Gasteiger partial charge in [0.05, 0.1) is 17.0 Å². The Morgan fingerprint density at radius 2 is 1.96 bits per heavy atom. The van der Waals surface area contributed by atoms with E-state index in [1.54, 1.807) is 12.1 Å². The van der Waals surface area contributed by atoms with Gasteiger partial charge in [-0.2, -0.15) is 0 Å². The van der Waals surface area contributed by atoms with Crippen molar-refractivity contribution < 1.29 is 13.2 Å². The number of rotatable bonds is 5. The van der Waals surface area contributed by atoms with E-state index in [4.69, 9.17) is 5.14 Å². The Balaban J connectivity index is 1.60. The van der Waals surface area contributed by atoms with Gasteiger partial charge in [-0.3, -0.25) is 4.79 Å². The van der Waals surface area contributed by atoms with E-state index in [2.05, 4.69) is 10.3 Å². The fourth-order valence-electron chi connectivity index (χ4n) is 2.45. The fraction of sp³-hybridized carbons (Fsp3) is 0.176. The topological polar surface area (TPSA) is 107 Å². The molecular weight excluding hydrogens is 340 g/mol. The van der Waals surface area contributed by atoms with Gasteiger partial charge in [-0.25, -0.2) is 18.5 Å². The number of amides is 1. The number of hydrogen-bond acceptors (Lipinski definition) is 4. The van der Waals surface area contributed by atoms with Crippen LogP contribution < -0.4 is 10.5 Å². The van der Waals surface area contributed by atoms with Crippen molar-refractivity contribution in [3.63, 3.8) is 0 Å². The van der Waals surface area contributed by atoms with Gasteiger partial charge in [0.15, 0.2) is 0 Å². The number of pyridine rings is 1. The van der Waals surface area contributed by atoms with Gasteiger partial charge in [-0.05, 0) is 42.3 Å². The molecule has 0 saturated carbocycles. The number of nitrogens with two attached hydrogens (primary N) is 1. The summed E-state index contributed by atoms with van der Waals surface area (Å²) in [6, 6.07) is 10.0. The molecule has 3 aromatic rings. The Morgan fingerprint density at radius 3 is 2.64 bits per heavy atom. The molecule has 25 heavy (non-hydrogen) atoms. The van der Waals surface area contributed by atoms with E-state index in [-0.39, 0.29) is 17.2 Å². The van der Waals surface area contributed by atoms with Crippen molar-refractivity contribution in [3.05, 3.63) is 65.6 Å². The zero-order chi connectivity index (χ0) is 18.0. The van der Waals surface area contributed by atoms with E-state index < -0.39 is 10.0 Å². The second-order valence-corrected chi connectivity index (χ2v) is 7.41. The number of imidazole rings is 1. The lowest BCUT2D eigenvalue weighted by molar-refractivity contribution is -0.120. The highest BCUT2D eigenvalue weighted by Gasteiger charge is 2.09. The molecule has 0 radical (unpaired) electrons. The number of nitrogens with zero attached hydrogens (tertiary/aromatic N) is 2. The minimum Gasteiger partial charge on any atom is -0.352 e. The zero-order valence-corrected chi connectivity index (χ0v) is 14.5. The molecule has 1 aromatic carbocycles. The summed E-state index contributed by atoms with van der Waals surface area (Å²) < 4.78 is 24.3. The summed E-state index contributed by atoms with van der Waals surface area (Å²) >= 11 is 0. The van der Waals surface area contributed by atoms with E-state index in [1.807, 2.05) is 35.9 Å². The van der Waals surface area contributed by atoms with Gasteiger partial charge >= 0.3 is 0 Å². The molecule has 0 aliphatic heterocycles. The minimum atomic E-state index is -3.71. The van der Waals surface area contributed by atoms with Crippen molar-refractivity contribution in [2.45, 2.75) is 24.8 Å². The molecule has 3 N–H and O–H groups in total. The lowest BCUT2D eigenvalue weighted by atomic mass is 10.2. The SMILES string of the molecule is Cc1ccn2cc(CC(=O)NCc3ccc(S(N)(=O)=O)cc3)nc2c1. The van der Waals surface area contributed by atoms with E-state index in [0.717, 1.165) is 16.8 Å². The van der Waals surface area contributed by atoms with E-state index in [1.165, 1.54) is 12.1 Å². The maximum Gasteiger partial charge on any atom is 0.238 e. The Morgan fingerprint density at radius 1 is 1.24 bits per heavy atom. The maximum atomic E-state index is 12.1. The van der Waals surface area contributed by atoms with Crippen LogP contribution in [0.1, 0.15) is 16.8 Å². The van der Waals surface area contributed by atoms with Crippen LogP contribution in [-0.4, -0.2) is 23.7 Å². The van der Waals surface area contributed by atoms with E-state index in [0.29, 0.717) is 12.2 Å². The molecular formula is C17H18N4O3S. The summed E-state index contributed by atoms with van der Waals surface area (Å²) in [4.78, 5) is 16.6. The van der Waals surface area contributed by atoms with E-state index in [9.17, 15) is 13.2 Å². The van der Waals surface area contributed by atoms with E-state index >= 15 is 0 Å². The van der Waals surface area contributed by atoms with Gasteiger partial charge in [0.1, 0.15) is 5.65 Å². The summed E-state index contributed by atoms with van der Waals surface area (Å²) in [5, 5.41) is 7.84. The summed E-state index contributed by atoms with van der Waals surface area (Å²) in [6.07, 6.45) is 3.91. The van der Waals surface area contributed by atoms with Crippen molar-refractivity contribution in [2.75, 3.05) is 0 Å². The Labute approximate surface area is 145 Å². The summed E-state index contributed by atoms with van der Waals surface area (Å²) in [7, 11) is -3.71. The van der Waals surface area contributed by atoms with Crippen LogP contribution in [0.5, 0.6) is 0 Å². The average molecular weight is 358 g/mol. The molecule has 0 bridgehead atoms. The molecule has 0 aliphatic rings. The Bertz CT molecular complexity index is 1020. The number of aromatic nitrogens is 2. The predicted molar refractivity (Wildman–Crippen MR) is 93.3 cm³/mol. The quantitative estimate of drug-likeness (QED) is 0.713. The number of benzene rings is 1. The molecule has 1 amide bonds. The van der Waals surface area contributed by atoms with Gasteiger partial charge in [0.25, 0.3) is 0 Å². The Hall–Kier alpha value is -2.71. The normalized spacial score (nSPS) is 11.6. The van der Waals surface area contributed by atoms with Gasteiger partial charge in [0, 0.05) is 18.9 Å². The number of hydrogen-bond donors (Lipinski definition) is 2. The third kappa shape index (κ3) is 4.23. The Kier molecular flexibility index (Phi) is 4.56. The largest absolute Gasteiger partial charge is 0.352 e. The van der Waals surface area contributed by atoms with Crippen molar-refractivity contribution in [2.24, 2.45) is 5.14 Å². The van der Waals surface area contributed by atoms with Crippen LogP contribution in [0.15, 0.2) is 53.7 Å². The molecule has 8 heteroatoms. The molecule has 0 aliphatic carbocycles. The third-order valence-corrected chi connectivity index (χ3v) is 4.68. The molecule has 0 saturated heterocycles. The molecule has 7 nitrogen and oxygen atoms in total. The highest BCUT2D eigenvalue weighted by atomic mass is 32.2. The highest BCUT2D eigenvalue weighted by Crippen LogP contribution is 2.10. The number of fused-ring (bicyclic) bond motifs is 1. The van der Waals surface area contributed by atoms with Crippen LogP contribution in [0.3, 0.4) is 0 Å². The molecule has 3 rings (SSSR count). The monoisotopic (exact) mass is 358 g/mol. The van der Waals surface area contributed by atoms with Crippen molar-refractivity contribution in [1.29, 1.82) is 0 Å². The molecule has 2 heterocycles. The maximum absolute atomic E-state index is 12.1. The lowest BCUT2D eigenvalue weighted by Crippen LogP contribution is -2.24. The summed E-state index contributed by atoms with van der Waals surface area (Å²) in [5.74, 6) is -0.157. The summed E-state index contributed by atoms with van der Waals surface area (Å²) in [6.45, 7) is 2.29. The number of aryl methyl sites for hydroxylation is 1. The molecule has 0 atom stereocenters. The van der Waals surface area contributed by atoms with Crippen molar-refractivity contribution in [1.82, 2.24) is 14.7 Å². The fourth-order valence-corrected chi connectivity index (χ4v) is 2.96. The number of carbonyl (C=O) groups excluding carboxylic acids is 1. The predicted octanol–water partition coefficient (Wildman–Crippen LogP) is 1.15. The van der Waals surface area contributed by atoms with Crippen LogP contribution in [0.2, 0.25) is 0 Å². The summed E-state index contributed by atoms with van der Waals surface area (Å²) in [5.41, 5.74) is 3.39. The van der Waals surface area contributed by atoms with Gasteiger partial charge in [-0.1, -0.05) is 12.1 Å². The molecule has 2 aromatic heterocycles. The first-order valence-electron chi connectivity index (χ1n) is 7.64.